The lowest BCUT2D eigenvalue weighted by Crippen LogP contribution is -2.44. The van der Waals surface area contributed by atoms with Crippen molar-refractivity contribution in [3.8, 4) is 27.9 Å². The van der Waals surface area contributed by atoms with Crippen LogP contribution in [0, 0.1) is 13.8 Å². The number of nitrogens with zero attached hydrogens (tertiary/aromatic N) is 19. The molecule has 26 rings (SSSR count). The number of rotatable bonds is 10. The number of fused-ring (bicyclic) bond motifs is 17. The molecule has 0 amide bonds. The summed E-state index contributed by atoms with van der Waals surface area (Å²) < 4.78 is 21.8. The van der Waals surface area contributed by atoms with Crippen LogP contribution in [-0.4, -0.2) is 180 Å². The Morgan fingerprint density at radius 3 is 1.22 bits per heavy atom. The molecule has 0 atom stereocenters. The first kappa shape index (κ1) is 74.2. The molecule has 5 aliphatic carbocycles. The average Bonchev–Trinajstić information content (AvgIpc) is 1.63. The van der Waals surface area contributed by atoms with Crippen molar-refractivity contribution in [3.05, 3.63) is 228 Å². The fourth-order valence-electron chi connectivity index (χ4n) is 20.4. The Balaban J connectivity index is 0.0000000894. The predicted octanol–water partition coefficient (Wildman–Crippen LogP) is 17.4. The molecule has 15 aromatic rings. The normalized spacial score (nSPS) is 19.8. The van der Waals surface area contributed by atoms with Crippen LogP contribution in [0.1, 0.15) is 142 Å². The molecule has 20 heteroatoms. The summed E-state index contributed by atoms with van der Waals surface area (Å²) in [6.45, 7) is 25.4. The van der Waals surface area contributed by atoms with E-state index in [2.05, 4.69) is 250 Å². The van der Waals surface area contributed by atoms with Crippen LogP contribution in [0.3, 0.4) is 0 Å². The van der Waals surface area contributed by atoms with Crippen LogP contribution in [0.5, 0.6) is 0 Å². The molecule has 604 valence electrons. The number of hydrogen-bond donors (Lipinski definition) is 0. The van der Waals surface area contributed by atoms with Gasteiger partial charge in [0.2, 0.25) is 0 Å². The maximum absolute atomic E-state index is 5.44. The van der Waals surface area contributed by atoms with Crippen LogP contribution >= 0.6 is 0 Å². The number of imidazole rings is 6. The fourth-order valence-corrected chi connectivity index (χ4v) is 20.4. The number of morpholine rings is 1. The minimum atomic E-state index is 0.788. The van der Waals surface area contributed by atoms with Gasteiger partial charge in [0.25, 0.3) is 0 Å². The minimum Gasteiger partial charge on any atom is -0.379 e. The van der Waals surface area contributed by atoms with E-state index in [0.29, 0.717) is 0 Å². The maximum atomic E-state index is 5.44. The molecule has 0 bridgehead atoms. The van der Waals surface area contributed by atoms with E-state index in [1.165, 1.54) is 228 Å². The summed E-state index contributed by atoms with van der Waals surface area (Å²) >= 11 is 0. The topological polar surface area (TPSA) is 140 Å². The molecule has 20 nitrogen and oxygen atoms in total. The van der Waals surface area contributed by atoms with Gasteiger partial charge in [0.15, 0.2) is 0 Å². The van der Waals surface area contributed by atoms with Gasteiger partial charge in [0.1, 0.15) is 35.4 Å². The molecule has 0 unspecified atom stereocenters. The van der Waals surface area contributed by atoms with Crippen molar-refractivity contribution in [1.82, 2.24) is 91.1 Å². The van der Waals surface area contributed by atoms with Crippen LogP contribution in [0.4, 0.5) is 0 Å². The number of ether oxygens (including phenoxy) is 1. The Kier molecular flexibility index (Phi) is 20.0. The first-order valence-electron chi connectivity index (χ1n) is 44.7. The van der Waals surface area contributed by atoms with Crippen molar-refractivity contribution in [2.24, 2.45) is 0 Å². The van der Waals surface area contributed by atoms with Gasteiger partial charge in [0, 0.05) is 139 Å². The highest BCUT2D eigenvalue weighted by molar-refractivity contribution is 5.86. The average molecular weight is 1570 g/mol. The molecule has 0 radical (unpaired) electrons. The number of aromatic nitrogens is 13. The first-order valence-corrected chi connectivity index (χ1v) is 44.7. The second kappa shape index (κ2) is 31.9. The van der Waals surface area contributed by atoms with Crippen LogP contribution < -0.4 is 0 Å². The lowest BCUT2D eigenvalue weighted by molar-refractivity contribution is 0.0342. The second-order valence-electron chi connectivity index (χ2n) is 35.7. The maximum Gasteiger partial charge on any atom is 0.124 e. The highest BCUT2D eigenvalue weighted by atomic mass is 16.5. The molecule has 6 aliphatic heterocycles. The quantitative estimate of drug-likeness (QED) is 0.128. The first-order chi connectivity index (χ1) is 58.2. The molecule has 7 aromatic carbocycles. The number of para-hydroxylation sites is 2. The fraction of sp³-hybridized carbons (Fsp3) is 0.429. The number of benzene rings is 7. The van der Waals surface area contributed by atoms with E-state index in [0.717, 1.165) is 175 Å². The zero-order valence-electron chi connectivity index (χ0n) is 68.9. The Morgan fingerprint density at radius 1 is 0.331 bits per heavy atom. The van der Waals surface area contributed by atoms with Gasteiger partial charge in [-0.15, -0.1) is 0 Å². The van der Waals surface area contributed by atoms with Crippen LogP contribution in [0.15, 0.2) is 183 Å². The van der Waals surface area contributed by atoms with Gasteiger partial charge in [-0.1, -0.05) is 104 Å². The van der Waals surface area contributed by atoms with E-state index in [1.807, 2.05) is 12.4 Å². The monoisotopic (exact) mass is 1570 g/mol. The van der Waals surface area contributed by atoms with Crippen molar-refractivity contribution in [1.29, 1.82) is 0 Å². The van der Waals surface area contributed by atoms with Gasteiger partial charge < -0.3 is 32.0 Å². The number of pyridine rings is 1. The minimum absolute atomic E-state index is 0.788. The van der Waals surface area contributed by atoms with Crippen LogP contribution in [0.25, 0.3) is 99.7 Å². The SMILES string of the molecule is Cc1ccc(-c2ccc3c(c2)nc2n3CCN(C3CCC3)C2)cc1.Cc1ccc2c(c1)nc1n2CCN(C2CCC2)C1.c1cc2c(cc1CN1CCOCC1)nc1n2CCN(C2CCC2)C1.c1cc2ccc(-c3ccc4c(c3)nc3n4CCN(C4CCC4)C3)cn2c1.c1ccc2c(c1)ncn2-c1ccc2c(c1)nc1n2CCN(C2CCC2)C1. The van der Waals surface area contributed by atoms with Crippen LogP contribution in [-0.2, 0) is 76.7 Å². The summed E-state index contributed by atoms with van der Waals surface area (Å²) in [5, 5.41) is 0. The van der Waals surface area contributed by atoms with E-state index in [-0.39, 0.29) is 0 Å². The third-order valence-corrected chi connectivity index (χ3v) is 28.6. The van der Waals surface area contributed by atoms with Gasteiger partial charge in [-0.05, 0) is 208 Å². The molecular weight excluding hydrogens is 1460 g/mol. The van der Waals surface area contributed by atoms with Crippen molar-refractivity contribution in [3.63, 3.8) is 0 Å². The summed E-state index contributed by atoms with van der Waals surface area (Å²) in [6.07, 6.45) is 26.9. The van der Waals surface area contributed by atoms with Crippen molar-refractivity contribution >= 4 is 71.7 Å². The predicted molar refractivity (Wildman–Crippen MR) is 471 cm³/mol. The highest BCUT2D eigenvalue weighted by Crippen LogP contribution is 2.38. The molecular formula is C98H111N19O. The van der Waals surface area contributed by atoms with E-state index < -0.39 is 0 Å². The molecule has 11 aliphatic rings. The summed E-state index contributed by atoms with van der Waals surface area (Å²) in [6, 6.07) is 63.2. The van der Waals surface area contributed by atoms with Crippen molar-refractivity contribution < 1.29 is 4.74 Å². The van der Waals surface area contributed by atoms with E-state index in [4.69, 9.17) is 29.7 Å². The van der Waals surface area contributed by atoms with Gasteiger partial charge in [-0.2, -0.15) is 0 Å². The van der Waals surface area contributed by atoms with E-state index in [1.54, 1.807) is 0 Å². The van der Waals surface area contributed by atoms with Crippen LogP contribution in [0.2, 0.25) is 0 Å². The Morgan fingerprint density at radius 2 is 0.737 bits per heavy atom. The van der Waals surface area contributed by atoms with Gasteiger partial charge in [-0.3, -0.25) is 34.0 Å². The third-order valence-electron chi connectivity index (χ3n) is 28.6. The Hall–Kier alpha value is -10.2. The summed E-state index contributed by atoms with van der Waals surface area (Å²) in [7, 11) is 0. The molecule has 6 fully saturated rings. The number of hydrogen-bond acceptors (Lipinski definition) is 13. The van der Waals surface area contributed by atoms with E-state index in [9.17, 15) is 0 Å². The molecule has 14 heterocycles. The summed E-state index contributed by atoms with van der Waals surface area (Å²) in [4.78, 5) is 44.9. The number of aryl methyl sites for hydroxylation is 2. The Bertz CT molecular complexity index is 6160. The van der Waals surface area contributed by atoms with Gasteiger partial charge in [-0.25, -0.2) is 29.9 Å². The highest BCUT2D eigenvalue weighted by Gasteiger charge is 2.35. The lowest BCUT2D eigenvalue weighted by Gasteiger charge is -2.39. The zero-order chi connectivity index (χ0) is 78.3. The zero-order valence-corrected chi connectivity index (χ0v) is 68.9. The lowest BCUT2D eigenvalue weighted by atomic mass is 9.91. The van der Waals surface area contributed by atoms with Crippen molar-refractivity contribution in [2.75, 3.05) is 59.0 Å². The van der Waals surface area contributed by atoms with Gasteiger partial charge in [0.05, 0.1) is 112 Å². The Labute approximate surface area is 691 Å². The van der Waals surface area contributed by atoms with Crippen molar-refractivity contribution in [2.45, 2.75) is 212 Å². The standard InChI is InChI=1S/C22H22N4.C21H21N5.C21H23N3.C19H26N4O.C15H19N3/c1-3-18(4-1)25-11-12-26-21-9-7-16(13-20(21)23-22(26)15-25)17-6-8-19-5-2-10-24(19)14-17;1-2-7-19-17(6-1)22-14-26(19)16-8-9-20-18(12-16)23-21-13-24(10-11-25(20)21)15-4-3-5-15;1-15-5-7-16(8-6-15)17-9-10-20-19(13-17)22-21-14-23(11-12-24(20)21)18-3-2-4-18;1-2-16(3-1)22-6-7-23-18-5-4-15(12-17(18)20-19(23)14-22)13-21-8-10-24-11-9-21;1-11-5-6-14-13(9-11)16-15-10-17(7-8-18(14)15)12-3-2-4-12/h2,5-10,13-14,18H,1,3-4,11-12,15H2;1-2,6-9,12,14-15H,3-5,10-11,13H2;5-10,13,18H,2-4,11-12,14H2,1H3;4-5,12,16H,1-3,6-11,13-14H2;5-6,9,12H,2-4,7-8,10H2,1H3. The second-order valence-corrected chi connectivity index (χ2v) is 35.7. The molecule has 0 spiro atoms. The van der Waals surface area contributed by atoms with E-state index >= 15 is 0 Å². The summed E-state index contributed by atoms with van der Waals surface area (Å²) in [5.41, 5.74) is 25.6. The largest absolute Gasteiger partial charge is 0.379 e. The molecule has 5 saturated carbocycles. The van der Waals surface area contributed by atoms with Gasteiger partial charge >= 0.3 is 0 Å². The molecule has 0 N–H and O–H groups in total. The third kappa shape index (κ3) is 14.5. The molecule has 118 heavy (non-hydrogen) atoms. The molecule has 1 saturated heterocycles. The summed E-state index contributed by atoms with van der Waals surface area (Å²) in [5.74, 6) is 6.20. The molecule has 8 aromatic heterocycles. The smallest absolute Gasteiger partial charge is 0.124 e.